The van der Waals surface area contributed by atoms with Gasteiger partial charge in [-0.3, -0.25) is 0 Å². The van der Waals surface area contributed by atoms with Gasteiger partial charge in [-0.1, -0.05) is 30.3 Å². The molecule has 1 amide bonds. The molecule has 0 bridgehead atoms. The van der Waals surface area contributed by atoms with Crippen LogP contribution in [0.15, 0.2) is 48.7 Å². The van der Waals surface area contributed by atoms with Crippen LogP contribution < -0.4 is 9.64 Å². The Morgan fingerprint density at radius 2 is 1.81 bits per heavy atom. The number of pyridine rings is 3. The van der Waals surface area contributed by atoms with Crippen LogP contribution in [0.5, 0.6) is 5.88 Å². The van der Waals surface area contributed by atoms with Crippen LogP contribution in [0.4, 0.5) is 10.6 Å². The topological polar surface area (TPSA) is 104 Å². The van der Waals surface area contributed by atoms with E-state index in [0.29, 0.717) is 50.6 Å². The molecule has 4 aromatic rings. The zero-order valence-electron chi connectivity index (χ0n) is 20.3. The maximum absolute atomic E-state index is 12.1. The third-order valence-electron chi connectivity index (χ3n) is 6.20. The normalized spacial score (nSPS) is 13.6. The smallest absolute Gasteiger partial charge is 0.409 e. The Bertz CT molecular complexity index is 1460. The number of carbonyl (C=O) groups excluding carboxylic acids is 1. The van der Waals surface area contributed by atoms with Crippen molar-refractivity contribution in [2.75, 3.05) is 44.3 Å². The van der Waals surface area contributed by atoms with Gasteiger partial charge in [0, 0.05) is 48.7 Å². The zero-order valence-corrected chi connectivity index (χ0v) is 20.3. The van der Waals surface area contributed by atoms with E-state index in [1.807, 2.05) is 49.4 Å². The van der Waals surface area contributed by atoms with E-state index in [1.54, 1.807) is 18.0 Å². The number of anilines is 1. The highest BCUT2D eigenvalue weighted by molar-refractivity contribution is 6.04. The molecule has 1 aromatic carbocycles. The Morgan fingerprint density at radius 1 is 1.03 bits per heavy atom. The summed E-state index contributed by atoms with van der Waals surface area (Å²) < 4.78 is 10.9. The molecule has 0 atom stereocenters. The molecule has 0 aliphatic carbocycles. The van der Waals surface area contributed by atoms with Gasteiger partial charge in [-0.2, -0.15) is 10.2 Å². The third-order valence-corrected chi connectivity index (χ3v) is 6.20. The zero-order chi connectivity index (χ0) is 25.1. The number of benzene rings is 1. The van der Waals surface area contributed by atoms with E-state index in [9.17, 15) is 10.1 Å². The Hall–Kier alpha value is -4.45. The fourth-order valence-electron chi connectivity index (χ4n) is 4.55. The van der Waals surface area contributed by atoms with Gasteiger partial charge in [0.1, 0.15) is 17.5 Å². The molecule has 1 aliphatic heterocycles. The third kappa shape index (κ3) is 4.22. The molecule has 182 valence electrons. The lowest BCUT2D eigenvalue weighted by atomic mass is 9.97. The second-order valence-electron chi connectivity index (χ2n) is 8.31. The molecule has 1 saturated heterocycles. The lowest BCUT2D eigenvalue weighted by Crippen LogP contribution is -2.49. The molecule has 36 heavy (non-hydrogen) atoms. The molecule has 9 nitrogen and oxygen atoms in total. The highest BCUT2D eigenvalue weighted by Crippen LogP contribution is 2.38. The first-order valence-corrected chi connectivity index (χ1v) is 12.0. The summed E-state index contributed by atoms with van der Waals surface area (Å²) in [4.78, 5) is 30.1. The van der Waals surface area contributed by atoms with Crippen LogP contribution in [0.3, 0.4) is 0 Å². The average Bonchev–Trinajstić information content (AvgIpc) is 2.92. The van der Waals surface area contributed by atoms with Crippen molar-refractivity contribution in [2.45, 2.75) is 13.8 Å². The molecule has 0 unspecified atom stereocenters. The van der Waals surface area contributed by atoms with Crippen molar-refractivity contribution in [3.05, 3.63) is 54.2 Å². The molecule has 0 saturated carbocycles. The summed E-state index contributed by atoms with van der Waals surface area (Å²) in [7, 11) is 0. The minimum atomic E-state index is -0.289. The lowest BCUT2D eigenvalue weighted by molar-refractivity contribution is 0.105. The fourth-order valence-corrected chi connectivity index (χ4v) is 4.55. The summed E-state index contributed by atoms with van der Waals surface area (Å²) in [5, 5.41) is 11.7. The Kier molecular flexibility index (Phi) is 6.50. The first-order valence-electron chi connectivity index (χ1n) is 12.0. The second kappa shape index (κ2) is 10.0. The first kappa shape index (κ1) is 23.3. The molecular formula is C27H26N6O3. The molecule has 1 fully saturated rings. The van der Waals surface area contributed by atoms with Gasteiger partial charge in [-0.05, 0) is 31.5 Å². The highest BCUT2D eigenvalue weighted by atomic mass is 16.6. The van der Waals surface area contributed by atoms with Gasteiger partial charge in [0.2, 0.25) is 5.88 Å². The predicted molar refractivity (Wildman–Crippen MR) is 137 cm³/mol. The maximum atomic E-state index is 12.1. The summed E-state index contributed by atoms with van der Waals surface area (Å²) in [5.74, 6) is 1.07. The van der Waals surface area contributed by atoms with Crippen LogP contribution in [0.1, 0.15) is 19.4 Å². The SMILES string of the molecule is CCOC(=O)N1CCN(c2nccc3nc4nc(OCC)c(C#N)c(-c5ccccc5)c4cc23)CC1. The molecule has 0 radical (unpaired) electrons. The van der Waals surface area contributed by atoms with Crippen molar-refractivity contribution in [3.8, 4) is 23.1 Å². The largest absolute Gasteiger partial charge is 0.477 e. The monoisotopic (exact) mass is 482 g/mol. The summed E-state index contributed by atoms with van der Waals surface area (Å²) in [6, 6.07) is 15.9. The van der Waals surface area contributed by atoms with Crippen molar-refractivity contribution in [2.24, 2.45) is 0 Å². The fraction of sp³-hybridized carbons (Fsp3) is 0.296. The number of piperazine rings is 1. The van der Waals surface area contributed by atoms with E-state index in [2.05, 4.69) is 20.9 Å². The summed E-state index contributed by atoms with van der Waals surface area (Å²) in [5.41, 5.74) is 3.26. The highest BCUT2D eigenvalue weighted by Gasteiger charge is 2.25. The van der Waals surface area contributed by atoms with Crippen LogP contribution >= 0.6 is 0 Å². The van der Waals surface area contributed by atoms with E-state index >= 15 is 0 Å². The van der Waals surface area contributed by atoms with Gasteiger partial charge < -0.3 is 19.3 Å². The number of carbonyl (C=O) groups is 1. The van der Waals surface area contributed by atoms with Gasteiger partial charge >= 0.3 is 6.09 Å². The second-order valence-corrected chi connectivity index (χ2v) is 8.31. The number of rotatable bonds is 5. The van der Waals surface area contributed by atoms with Crippen molar-refractivity contribution >= 4 is 33.8 Å². The Balaban J connectivity index is 1.65. The van der Waals surface area contributed by atoms with Gasteiger partial charge in [0.05, 0.1) is 18.7 Å². The van der Waals surface area contributed by atoms with E-state index in [-0.39, 0.29) is 12.0 Å². The Morgan fingerprint density at radius 3 is 2.50 bits per heavy atom. The maximum Gasteiger partial charge on any atom is 0.409 e. The molecule has 0 spiro atoms. The van der Waals surface area contributed by atoms with Crippen LogP contribution in [0.2, 0.25) is 0 Å². The van der Waals surface area contributed by atoms with E-state index in [0.717, 1.165) is 33.2 Å². The number of ether oxygens (including phenoxy) is 2. The van der Waals surface area contributed by atoms with Gasteiger partial charge in [0.25, 0.3) is 0 Å². The number of amides is 1. The Labute approximate surface area is 208 Å². The standard InChI is InChI=1S/C27H26N6O3/c1-3-35-26-21(17-28)23(18-8-6-5-7-9-18)20-16-19-22(30-24(20)31-26)10-11-29-25(19)32-12-14-33(15-13-32)27(34)36-4-2/h5-11,16H,3-4,12-15H2,1-2H3. The summed E-state index contributed by atoms with van der Waals surface area (Å²) in [6.07, 6.45) is 1.45. The molecule has 1 aliphatic rings. The van der Waals surface area contributed by atoms with Crippen molar-refractivity contribution in [1.29, 1.82) is 5.26 Å². The first-order chi connectivity index (χ1) is 17.6. The number of hydrogen-bond donors (Lipinski definition) is 0. The summed E-state index contributed by atoms with van der Waals surface area (Å²) >= 11 is 0. The van der Waals surface area contributed by atoms with E-state index < -0.39 is 0 Å². The van der Waals surface area contributed by atoms with E-state index in [1.165, 1.54) is 0 Å². The molecule has 9 heteroatoms. The molecule has 5 rings (SSSR count). The number of aromatic nitrogens is 3. The van der Waals surface area contributed by atoms with Crippen LogP contribution in [-0.4, -0.2) is 65.3 Å². The van der Waals surface area contributed by atoms with Gasteiger partial charge in [0.15, 0.2) is 5.65 Å². The van der Waals surface area contributed by atoms with Crippen LogP contribution in [0.25, 0.3) is 33.1 Å². The van der Waals surface area contributed by atoms with Crippen LogP contribution in [0, 0.1) is 11.3 Å². The molecule has 4 heterocycles. The number of fused-ring (bicyclic) bond motifs is 2. The predicted octanol–water partition coefficient (Wildman–Crippen LogP) is 4.39. The quantitative estimate of drug-likeness (QED) is 0.386. The van der Waals surface area contributed by atoms with Gasteiger partial charge in [-0.15, -0.1) is 0 Å². The van der Waals surface area contributed by atoms with Crippen molar-refractivity contribution in [1.82, 2.24) is 19.9 Å². The molecule has 3 aromatic heterocycles. The molecular weight excluding hydrogens is 456 g/mol. The van der Waals surface area contributed by atoms with Crippen LogP contribution in [-0.2, 0) is 4.74 Å². The van der Waals surface area contributed by atoms with Crippen molar-refractivity contribution < 1.29 is 14.3 Å². The van der Waals surface area contributed by atoms with E-state index in [4.69, 9.17) is 14.5 Å². The minimum Gasteiger partial charge on any atom is -0.477 e. The molecule has 0 N–H and O–H groups in total. The lowest BCUT2D eigenvalue weighted by Gasteiger charge is -2.35. The minimum absolute atomic E-state index is 0.280. The number of hydrogen-bond acceptors (Lipinski definition) is 8. The van der Waals surface area contributed by atoms with Crippen molar-refractivity contribution in [3.63, 3.8) is 0 Å². The summed E-state index contributed by atoms with van der Waals surface area (Å²) in [6.45, 7) is 6.76. The van der Waals surface area contributed by atoms with Gasteiger partial charge in [-0.25, -0.2) is 14.8 Å². The number of nitriles is 1. The number of nitrogens with zero attached hydrogens (tertiary/aromatic N) is 6. The average molecular weight is 483 g/mol.